The molecular weight excluding hydrogens is 260 g/mol. The highest BCUT2D eigenvalue weighted by Crippen LogP contribution is 2.26. The number of carbonyl (C=O) groups excluding carboxylic acids is 1. The minimum atomic E-state index is -0.725. The molecule has 1 saturated carbocycles. The molecule has 20 heavy (non-hydrogen) atoms. The van der Waals surface area contributed by atoms with Gasteiger partial charge < -0.3 is 20.5 Å². The number of nitrogens with one attached hydrogen (secondary N) is 2. The molecule has 2 unspecified atom stereocenters. The summed E-state index contributed by atoms with van der Waals surface area (Å²) in [7, 11) is 0. The highest BCUT2D eigenvalue weighted by molar-refractivity contribution is 5.75. The van der Waals surface area contributed by atoms with E-state index in [2.05, 4.69) is 10.6 Å². The van der Waals surface area contributed by atoms with Gasteiger partial charge in [-0.05, 0) is 46.0 Å². The number of hydrogen-bond donors (Lipinski definition) is 3. The molecule has 2 aliphatic rings. The van der Waals surface area contributed by atoms with Crippen molar-refractivity contribution in [3.63, 3.8) is 0 Å². The molecule has 1 aliphatic carbocycles. The number of carboxylic acids is 1. The van der Waals surface area contributed by atoms with Gasteiger partial charge in [0, 0.05) is 12.6 Å². The average molecular weight is 284 g/mol. The van der Waals surface area contributed by atoms with Crippen LogP contribution >= 0.6 is 0 Å². The van der Waals surface area contributed by atoms with Crippen LogP contribution in [0.1, 0.15) is 46.0 Å². The van der Waals surface area contributed by atoms with Gasteiger partial charge in [0.15, 0.2) is 0 Å². The van der Waals surface area contributed by atoms with E-state index in [0.717, 1.165) is 19.3 Å². The van der Waals surface area contributed by atoms with E-state index in [1.165, 1.54) is 0 Å². The second kappa shape index (κ2) is 5.99. The van der Waals surface area contributed by atoms with Gasteiger partial charge in [-0.3, -0.25) is 4.79 Å². The van der Waals surface area contributed by atoms with Crippen molar-refractivity contribution in [2.45, 2.75) is 63.6 Å². The number of urea groups is 1. The van der Waals surface area contributed by atoms with Gasteiger partial charge in [0.05, 0.1) is 17.6 Å². The Labute approximate surface area is 119 Å². The smallest absolute Gasteiger partial charge is 0.315 e. The standard InChI is InChI=1S/C14H24N2O4/c1-9-14(2,7-8-20-9)16-13(19)15-11-5-3-10(4-6-11)12(17)18/h9-11H,3-8H2,1-2H3,(H,17,18)(H2,15,16,19). The number of ether oxygens (including phenoxy) is 1. The van der Waals surface area contributed by atoms with Crippen molar-refractivity contribution in [1.82, 2.24) is 10.6 Å². The van der Waals surface area contributed by atoms with Crippen LogP contribution in [0.3, 0.4) is 0 Å². The van der Waals surface area contributed by atoms with Crippen LogP contribution in [0.4, 0.5) is 4.79 Å². The lowest BCUT2D eigenvalue weighted by molar-refractivity contribution is -0.142. The lowest BCUT2D eigenvalue weighted by atomic mass is 9.86. The van der Waals surface area contributed by atoms with Gasteiger partial charge in [-0.2, -0.15) is 0 Å². The Kier molecular flexibility index (Phi) is 4.52. The molecule has 0 bridgehead atoms. The van der Waals surface area contributed by atoms with Crippen LogP contribution in [-0.4, -0.2) is 41.4 Å². The minimum absolute atomic E-state index is 0.0102. The minimum Gasteiger partial charge on any atom is -0.481 e. The molecule has 0 aromatic heterocycles. The van der Waals surface area contributed by atoms with Crippen molar-refractivity contribution >= 4 is 12.0 Å². The first-order valence-corrected chi connectivity index (χ1v) is 7.34. The molecule has 0 aromatic rings. The molecule has 0 aromatic carbocycles. The first kappa shape index (κ1) is 15.1. The maximum atomic E-state index is 12.0. The Bertz CT molecular complexity index is 379. The van der Waals surface area contributed by atoms with E-state index >= 15 is 0 Å². The second-order valence-corrected chi connectivity index (χ2v) is 6.17. The molecule has 114 valence electrons. The molecule has 2 atom stereocenters. The number of carboxylic acid groups (broad SMARTS) is 1. The van der Waals surface area contributed by atoms with Crippen molar-refractivity contribution < 1.29 is 19.4 Å². The summed E-state index contributed by atoms with van der Waals surface area (Å²) in [5.41, 5.74) is -0.317. The molecule has 1 heterocycles. The number of hydrogen-bond acceptors (Lipinski definition) is 3. The highest BCUT2D eigenvalue weighted by atomic mass is 16.5. The number of carbonyl (C=O) groups is 2. The Balaban J connectivity index is 1.77. The van der Waals surface area contributed by atoms with E-state index in [1.54, 1.807) is 0 Å². The first-order valence-electron chi connectivity index (χ1n) is 7.34. The third-order valence-electron chi connectivity index (χ3n) is 4.70. The lowest BCUT2D eigenvalue weighted by Crippen LogP contribution is -2.55. The van der Waals surface area contributed by atoms with E-state index in [9.17, 15) is 9.59 Å². The predicted octanol–water partition coefficient (Wildman–Crippen LogP) is 1.50. The SMILES string of the molecule is CC1OCCC1(C)NC(=O)NC1CCC(C(=O)O)CC1. The van der Waals surface area contributed by atoms with Crippen LogP contribution < -0.4 is 10.6 Å². The Hall–Kier alpha value is -1.30. The maximum absolute atomic E-state index is 12.0. The quantitative estimate of drug-likeness (QED) is 0.733. The van der Waals surface area contributed by atoms with Crippen molar-refractivity contribution in [2.24, 2.45) is 5.92 Å². The number of aliphatic carboxylic acids is 1. The molecule has 2 fully saturated rings. The largest absolute Gasteiger partial charge is 0.481 e. The summed E-state index contributed by atoms with van der Waals surface area (Å²) < 4.78 is 5.49. The Morgan fingerprint density at radius 1 is 1.25 bits per heavy atom. The van der Waals surface area contributed by atoms with Gasteiger partial charge in [-0.1, -0.05) is 0 Å². The van der Waals surface area contributed by atoms with E-state index < -0.39 is 5.97 Å². The van der Waals surface area contributed by atoms with Crippen LogP contribution in [0.5, 0.6) is 0 Å². The second-order valence-electron chi connectivity index (χ2n) is 6.17. The highest BCUT2D eigenvalue weighted by Gasteiger charge is 2.38. The van der Waals surface area contributed by atoms with Crippen LogP contribution in [0, 0.1) is 5.92 Å². The van der Waals surface area contributed by atoms with Crippen LogP contribution in [-0.2, 0) is 9.53 Å². The van der Waals surface area contributed by atoms with E-state index in [1.807, 2.05) is 13.8 Å². The van der Waals surface area contributed by atoms with Gasteiger partial charge in [0.2, 0.25) is 0 Å². The summed E-state index contributed by atoms with van der Waals surface area (Å²) in [5.74, 6) is -0.978. The molecule has 0 spiro atoms. The Morgan fingerprint density at radius 3 is 2.40 bits per heavy atom. The summed E-state index contributed by atoms with van der Waals surface area (Å²) in [4.78, 5) is 22.9. The fraction of sp³-hybridized carbons (Fsp3) is 0.857. The van der Waals surface area contributed by atoms with Crippen molar-refractivity contribution in [3.05, 3.63) is 0 Å². The first-order chi connectivity index (χ1) is 9.40. The van der Waals surface area contributed by atoms with Crippen LogP contribution in [0.2, 0.25) is 0 Å². The lowest BCUT2D eigenvalue weighted by Gasteiger charge is -2.31. The molecule has 2 amide bonds. The van der Waals surface area contributed by atoms with Crippen LogP contribution in [0.25, 0.3) is 0 Å². The number of amides is 2. The summed E-state index contributed by atoms with van der Waals surface area (Å²) in [5, 5.41) is 14.9. The van der Waals surface area contributed by atoms with Gasteiger partial charge >= 0.3 is 12.0 Å². The molecule has 3 N–H and O–H groups in total. The zero-order valence-corrected chi connectivity index (χ0v) is 12.1. The molecule has 1 saturated heterocycles. The average Bonchev–Trinajstić information content (AvgIpc) is 2.69. The van der Waals surface area contributed by atoms with E-state index in [4.69, 9.17) is 9.84 Å². The summed E-state index contributed by atoms with van der Waals surface area (Å²) in [6, 6.07) is -0.101. The summed E-state index contributed by atoms with van der Waals surface area (Å²) in [6.07, 6.45) is 3.55. The monoisotopic (exact) mass is 284 g/mol. The van der Waals surface area contributed by atoms with Crippen molar-refractivity contribution in [2.75, 3.05) is 6.61 Å². The fourth-order valence-corrected chi connectivity index (χ4v) is 2.96. The molecule has 0 radical (unpaired) electrons. The molecule has 6 heteroatoms. The molecule has 2 rings (SSSR count). The fourth-order valence-electron chi connectivity index (χ4n) is 2.96. The molecule has 1 aliphatic heterocycles. The topological polar surface area (TPSA) is 87.7 Å². The maximum Gasteiger partial charge on any atom is 0.315 e. The van der Waals surface area contributed by atoms with E-state index in [0.29, 0.717) is 19.4 Å². The van der Waals surface area contributed by atoms with E-state index in [-0.39, 0.29) is 29.6 Å². The zero-order chi connectivity index (χ0) is 14.8. The third-order valence-corrected chi connectivity index (χ3v) is 4.70. The van der Waals surface area contributed by atoms with Gasteiger partial charge in [0.25, 0.3) is 0 Å². The van der Waals surface area contributed by atoms with Crippen molar-refractivity contribution in [1.29, 1.82) is 0 Å². The Morgan fingerprint density at radius 2 is 1.90 bits per heavy atom. The van der Waals surface area contributed by atoms with Gasteiger partial charge in [0.1, 0.15) is 0 Å². The molecule has 6 nitrogen and oxygen atoms in total. The van der Waals surface area contributed by atoms with Gasteiger partial charge in [-0.25, -0.2) is 4.79 Å². The number of rotatable bonds is 3. The van der Waals surface area contributed by atoms with Crippen molar-refractivity contribution in [3.8, 4) is 0 Å². The third kappa shape index (κ3) is 3.42. The predicted molar refractivity (Wildman–Crippen MR) is 73.5 cm³/mol. The molecular formula is C14H24N2O4. The van der Waals surface area contributed by atoms with Gasteiger partial charge in [-0.15, -0.1) is 0 Å². The normalized spacial score (nSPS) is 37.4. The summed E-state index contributed by atoms with van der Waals surface area (Å²) >= 11 is 0. The summed E-state index contributed by atoms with van der Waals surface area (Å²) in [6.45, 7) is 4.62. The van der Waals surface area contributed by atoms with Crippen LogP contribution in [0.15, 0.2) is 0 Å². The zero-order valence-electron chi connectivity index (χ0n) is 12.1.